The Hall–Kier alpha value is -1.58. The maximum absolute atomic E-state index is 12.8. The second-order valence-corrected chi connectivity index (χ2v) is 6.55. The molecular weight excluding hydrogens is 313 g/mol. The van der Waals surface area contributed by atoms with Gasteiger partial charge in [0, 0.05) is 17.4 Å². The molecule has 1 aliphatic rings. The molecule has 116 valence electrons. The van der Waals surface area contributed by atoms with Crippen molar-refractivity contribution in [3.05, 3.63) is 29.3 Å². The van der Waals surface area contributed by atoms with Crippen LogP contribution in [0, 0.1) is 0 Å². The number of benzene rings is 1. The Bertz CT molecular complexity index is 691. The van der Waals surface area contributed by atoms with Gasteiger partial charge >= 0.3 is 6.18 Å². The Morgan fingerprint density at radius 1 is 1.29 bits per heavy atom. The Morgan fingerprint density at radius 3 is 2.38 bits per heavy atom. The average Bonchev–Trinajstić information content (AvgIpc) is 2.34. The van der Waals surface area contributed by atoms with Crippen LogP contribution in [0.15, 0.2) is 28.7 Å². The van der Waals surface area contributed by atoms with Crippen molar-refractivity contribution in [2.45, 2.75) is 23.5 Å². The van der Waals surface area contributed by atoms with Gasteiger partial charge in [0.05, 0.1) is 4.90 Å². The Kier molecular flexibility index (Phi) is 3.77. The largest absolute Gasteiger partial charge is 0.476 e. The lowest BCUT2D eigenvalue weighted by Gasteiger charge is -2.29. The molecule has 0 spiro atoms. The first-order chi connectivity index (χ1) is 9.50. The Morgan fingerprint density at radius 2 is 1.90 bits per heavy atom. The number of hydrogen-bond acceptors (Lipinski definition) is 5. The van der Waals surface area contributed by atoms with Gasteiger partial charge in [-0.2, -0.15) is 13.2 Å². The zero-order chi connectivity index (χ0) is 16.0. The van der Waals surface area contributed by atoms with Crippen LogP contribution in [-0.4, -0.2) is 43.5 Å². The third-order valence-electron chi connectivity index (χ3n) is 2.87. The molecule has 0 amide bonds. The Balaban J connectivity index is 2.56. The second kappa shape index (κ2) is 5.00. The van der Waals surface area contributed by atoms with Gasteiger partial charge in [0.2, 0.25) is 6.10 Å². The molecule has 0 aromatic heterocycles. The summed E-state index contributed by atoms with van der Waals surface area (Å²) in [6, 6.07) is 3.33. The minimum absolute atomic E-state index is 0.0292. The monoisotopic (exact) mass is 324 g/mol. The molecule has 9 heteroatoms. The third kappa shape index (κ3) is 3.20. The summed E-state index contributed by atoms with van der Waals surface area (Å²) in [5, 5.41) is 18.1. The number of halogens is 3. The first-order valence-electron chi connectivity index (χ1n) is 5.65. The molecule has 0 fully saturated rings. The molecule has 21 heavy (non-hydrogen) atoms. The van der Waals surface area contributed by atoms with E-state index in [4.69, 9.17) is 14.9 Å². The SMILES string of the molecule is CS(=O)(=O)c1ccc2c(c1)C=C(C(O)O)C(C(F)(F)F)O2. The van der Waals surface area contributed by atoms with Gasteiger partial charge in [0.1, 0.15) is 5.75 Å². The fourth-order valence-electron chi connectivity index (χ4n) is 1.89. The van der Waals surface area contributed by atoms with Crippen LogP contribution in [0.2, 0.25) is 0 Å². The topological polar surface area (TPSA) is 83.8 Å². The van der Waals surface area contributed by atoms with Crippen LogP contribution in [0.4, 0.5) is 13.2 Å². The highest BCUT2D eigenvalue weighted by molar-refractivity contribution is 7.90. The van der Waals surface area contributed by atoms with Gasteiger partial charge in [0.25, 0.3) is 0 Å². The van der Waals surface area contributed by atoms with Crippen molar-refractivity contribution < 1.29 is 36.5 Å². The predicted molar refractivity (Wildman–Crippen MR) is 66.2 cm³/mol. The molecule has 1 aromatic carbocycles. The number of aliphatic hydroxyl groups excluding tert-OH is 1. The molecule has 5 nitrogen and oxygen atoms in total. The fourth-order valence-corrected chi connectivity index (χ4v) is 2.55. The van der Waals surface area contributed by atoms with Crippen LogP contribution < -0.4 is 4.74 Å². The van der Waals surface area contributed by atoms with Crippen molar-refractivity contribution in [1.29, 1.82) is 0 Å². The van der Waals surface area contributed by atoms with Gasteiger partial charge in [-0.3, -0.25) is 0 Å². The third-order valence-corrected chi connectivity index (χ3v) is 3.98. The molecule has 0 saturated heterocycles. The van der Waals surface area contributed by atoms with E-state index < -0.39 is 34.0 Å². The lowest BCUT2D eigenvalue weighted by Crippen LogP contribution is -2.41. The second-order valence-electron chi connectivity index (χ2n) is 4.53. The van der Waals surface area contributed by atoms with Gasteiger partial charge in [0.15, 0.2) is 16.1 Å². The number of sulfone groups is 1. The molecule has 1 aliphatic heterocycles. The highest BCUT2D eigenvalue weighted by Gasteiger charge is 2.47. The lowest BCUT2D eigenvalue weighted by atomic mass is 10.0. The minimum Gasteiger partial charge on any atom is -0.476 e. The van der Waals surface area contributed by atoms with E-state index in [2.05, 4.69) is 0 Å². The summed E-state index contributed by atoms with van der Waals surface area (Å²) in [4.78, 5) is -0.113. The molecule has 1 atom stereocenters. The van der Waals surface area contributed by atoms with E-state index in [9.17, 15) is 21.6 Å². The normalized spacial score (nSPS) is 19.0. The van der Waals surface area contributed by atoms with Crippen molar-refractivity contribution in [2.75, 3.05) is 6.26 Å². The summed E-state index contributed by atoms with van der Waals surface area (Å²) >= 11 is 0. The van der Waals surface area contributed by atoms with Crippen molar-refractivity contribution in [3.8, 4) is 5.75 Å². The van der Waals surface area contributed by atoms with Crippen LogP contribution in [0.1, 0.15) is 5.56 Å². The van der Waals surface area contributed by atoms with Crippen molar-refractivity contribution in [3.63, 3.8) is 0 Å². The van der Waals surface area contributed by atoms with E-state index in [1.807, 2.05) is 0 Å². The van der Waals surface area contributed by atoms with Crippen LogP contribution in [0.25, 0.3) is 6.08 Å². The number of rotatable bonds is 2. The quantitative estimate of drug-likeness (QED) is 0.796. The lowest BCUT2D eigenvalue weighted by molar-refractivity contribution is -0.192. The van der Waals surface area contributed by atoms with Crippen LogP contribution in [0.5, 0.6) is 5.75 Å². The summed E-state index contributed by atoms with van der Waals surface area (Å²) in [7, 11) is -3.55. The number of ether oxygens (including phenoxy) is 1. The minimum atomic E-state index is -4.83. The maximum atomic E-state index is 12.8. The van der Waals surface area contributed by atoms with E-state index in [1.165, 1.54) is 0 Å². The first-order valence-corrected chi connectivity index (χ1v) is 7.54. The maximum Gasteiger partial charge on any atom is 0.429 e. The summed E-state index contributed by atoms with van der Waals surface area (Å²) in [5.74, 6) is -0.186. The van der Waals surface area contributed by atoms with Crippen LogP contribution in [0.3, 0.4) is 0 Å². The van der Waals surface area contributed by atoms with Crippen LogP contribution >= 0.6 is 0 Å². The molecule has 0 aliphatic carbocycles. The van der Waals surface area contributed by atoms with E-state index in [0.717, 1.165) is 30.5 Å². The molecular formula is C12H11F3O5S. The standard InChI is InChI=1S/C12H11F3O5S/c1-21(18,19)7-2-3-9-6(4-7)5-8(11(16)17)10(20-9)12(13,14)15/h2-5,10-11,16-17H,1H3. The van der Waals surface area contributed by atoms with Gasteiger partial charge in [-0.15, -0.1) is 0 Å². The van der Waals surface area contributed by atoms with Crippen molar-refractivity contribution in [2.24, 2.45) is 0 Å². The van der Waals surface area contributed by atoms with Gasteiger partial charge in [-0.25, -0.2) is 8.42 Å². The van der Waals surface area contributed by atoms with E-state index in [-0.39, 0.29) is 16.2 Å². The summed E-state index contributed by atoms with van der Waals surface area (Å²) < 4.78 is 66.1. The predicted octanol–water partition coefficient (Wildman–Crippen LogP) is 1.11. The zero-order valence-corrected chi connectivity index (χ0v) is 11.4. The Labute approximate surface area is 118 Å². The number of fused-ring (bicyclic) bond motifs is 1. The molecule has 0 saturated carbocycles. The summed E-state index contributed by atoms with van der Waals surface area (Å²) in [6.07, 6.45) is -7.87. The first kappa shape index (κ1) is 15.8. The molecule has 1 heterocycles. The van der Waals surface area contributed by atoms with Crippen molar-refractivity contribution in [1.82, 2.24) is 0 Å². The van der Waals surface area contributed by atoms with Gasteiger partial charge in [-0.05, 0) is 24.3 Å². The molecule has 1 aromatic rings. The zero-order valence-electron chi connectivity index (χ0n) is 10.6. The van der Waals surface area contributed by atoms with Gasteiger partial charge < -0.3 is 14.9 Å². The molecule has 0 radical (unpaired) electrons. The van der Waals surface area contributed by atoms with Crippen molar-refractivity contribution >= 4 is 15.9 Å². The summed E-state index contributed by atoms with van der Waals surface area (Å²) in [5.41, 5.74) is -0.776. The van der Waals surface area contributed by atoms with E-state index in [1.54, 1.807) is 0 Å². The average molecular weight is 324 g/mol. The number of hydrogen-bond donors (Lipinski definition) is 2. The van der Waals surface area contributed by atoms with E-state index in [0.29, 0.717) is 0 Å². The number of aliphatic hydroxyl groups is 2. The van der Waals surface area contributed by atoms with Crippen LogP contribution in [-0.2, 0) is 9.84 Å². The molecule has 1 unspecified atom stereocenters. The van der Waals surface area contributed by atoms with E-state index >= 15 is 0 Å². The summed E-state index contributed by atoms with van der Waals surface area (Å²) in [6.45, 7) is 0. The highest BCUT2D eigenvalue weighted by atomic mass is 32.2. The smallest absolute Gasteiger partial charge is 0.429 e. The fraction of sp³-hybridized carbons (Fsp3) is 0.333. The number of alkyl halides is 3. The molecule has 2 rings (SSSR count). The molecule has 2 N–H and O–H groups in total. The van der Waals surface area contributed by atoms with Gasteiger partial charge in [-0.1, -0.05) is 0 Å². The highest BCUT2D eigenvalue weighted by Crippen LogP contribution is 2.38. The molecule has 0 bridgehead atoms.